The standard InChI is InChI=1S/C30H34F6N2O6/c1-4-27(20-7-10-23-24(17-20)44-14-13-43-23)25(39)38(26(40)37-27)11-5-6-12-42-22-9-8-21(16-19(22)15-18(2)3)28(41,29(31,32)33)30(34,35)36/h7-10,16-18,41H,4-6,11-15H2,1-3H3,(H,37,40). The van der Waals surface area contributed by atoms with Crippen LogP contribution >= 0.6 is 0 Å². The molecule has 14 heteroatoms. The quantitative estimate of drug-likeness (QED) is 0.180. The summed E-state index contributed by atoms with van der Waals surface area (Å²) in [7, 11) is 0. The van der Waals surface area contributed by atoms with Gasteiger partial charge in [0.2, 0.25) is 0 Å². The minimum absolute atomic E-state index is 0.0119. The molecular weight excluding hydrogens is 598 g/mol. The van der Waals surface area contributed by atoms with Crippen molar-refractivity contribution in [2.75, 3.05) is 26.4 Å². The first-order chi connectivity index (χ1) is 20.5. The van der Waals surface area contributed by atoms with Crippen molar-refractivity contribution in [3.8, 4) is 17.2 Å². The Bertz CT molecular complexity index is 1360. The normalized spacial score (nSPS) is 19.0. The summed E-state index contributed by atoms with van der Waals surface area (Å²) >= 11 is 0. The Morgan fingerprint density at radius 2 is 1.64 bits per heavy atom. The third-order valence-corrected chi connectivity index (χ3v) is 7.70. The van der Waals surface area contributed by atoms with Crippen molar-refractivity contribution >= 4 is 11.9 Å². The second-order valence-electron chi connectivity index (χ2n) is 11.2. The molecule has 2 aromatic rings. The number of hydrogen-bond donors (Lipinski definition) is 2. The van der Waals surface area contributed by atoms with Crippen LogP contribution in [0.4, 0.5) is 31.1 Å². The van der Waals surface area contributed by atoms with E-state index in [0.717, 1.165) is 11.0 Å². The van der Waals surface area contributed by atoms with Crippen LogP contribution in [-0.4, -0.2) is 60.7 Å². The Morgan fingerprint density at radius 1 is 0.977 bits per heavy atom. The van der Waals surface area contributed by atoms with Crippen LogP contribution in [0.5, 0.6) is 17.2 Å². The van der Waals surface area contributed by atoms with E-state index in [-0.39, 0.29) is 43.2 Å². The van der Waals surface area contributed by atoms with Crippen LogP contribution < -0.4 is 19.5 Å². The largest absolute Gasteiger partial charge is 0.493 e. The van der Waals surface area contributed by atoms with E-state index in [1.807, 2.05) is 0 Å². The molecule has 1 unspecified atom stereocenters. The zero-order valence-corrected chi connectivity index (χ0v) is 24.4. The number of aliphatic hydroxyl groups is 1. The number of rotatable bonds is 11. The Balaban J connectivity index is 1.42. The Labute approximate surface area is 250 Å². The molecule has 2 heterocycles. The number of benzene rings is 2. The molecule has 44 heavy (non-hydrogen) atoms. The molecule has 0 aromatic heterocycles. The third kappa shape index (κ3) is 6.13. The van der Waals surface area contributed by atoms with Crippen molar-refractivity contribution < 1.29 is 55.2 Å². The summed E-state index contributed by atoms with van der Waals surface area (Å²) in [6, 6.07) is 6.71. The van der Waals surface area contributed by atoms with Gasteiger partial charge < -0.3 is 24.6 Å². The molecule has 0 aliphatic carbocycles. The van der Waals surface area contributed by atoms with E-state index in [4.69, 9.17) is 14.2 Å². The fourth-order valence-corrected chi connectivity index (χ4v) is 5.36. The van der Waals surface area contributed by atoms with Gasteiger partial charge in [-0.25, -0.2) is 4.79 Å². The summed E-state index contributed by atoms with van der Waals surface area (Å²) in [5.74, 6) is 0.519. The number of hydrogen-bond acceptors (Lipinski definition) is 6. The van der Waals surface area contributed by atoms with Crippen LogP contribution in [0.3, 0.4) is 0 Å². The molecule has 4 rings (SSSR count). The van der Waals surface area contributed by atoms with Crippen molar-refractivity contribution in [1.29, 1.82) is 0 Å². The van der Waals surface area contributed by atoms with Gasteiger partial charge in [0.25, 0.3) is 11.5 Å². The van der Waals surface area contributed by atoms with Gasteiger partial charge in [0.1, 0.15) is 24.5 Å². The lowest BCUT2D eigenvalue weighted by Crippen LogP contribution is -2.53. The predicted octanol–water partition coefficient (Wildman–Crippen LogP) is 5.98. The maximum Gasteiger partial charge on any atom is 0.430 e. The van der Waals surface area contributed by atoms with Gasteiger partial charge in [-0.2, -0.15) is 26.3 Å². The minimum atomic E-state index is -6.00. The lowest BCUT2D eigenvalue weighted by atomic mass is 9.87. The van der Waals surface area contributed by atoms with E-state index in [0.29, 0.717) is 55.3 Å². The molecule has 2 N–H and O–H groups in total. The van der Waals surface area contributed by atoms with Gasteiger partial charge in [-0.15, -0.1) is 0 Å². The first-order valence-electron chi connectivity index (χ1n) is 14.2. The predicted molar refractivity (Wildman–Crippen MR) is 145 cm³/mol. The lowest BCUT2D eigenvalue weighted by molar-refractivity contribution is -0.376. The third-order valence-electron chi connectivity index (χ3n) is 7.70. The number of nitrogens with zero attached hydrogens (tertiary/aromatic N) is 1. The fraction of sp³-hybridized carbons (Fsp3) is 0.533. The molecule has 0 radical (unpaired) electrons. The average molecular weight is 633 g/mol. The monoisotopic (exact) mass is 632 g/mol. The number of ether oxygens (including phenoxy) is 3. The highest BCUT2D eigenvalue weighted by Gasteiger charge is 2.71. The van der Waals surface area contributed by atoms with Crippen LogP contribution in [0.25, 0.3) is 0 Å². The van der Waals surface area contributed by atoms with Gasteiger partial charge >= 0.3 is 18.4 Å². The molecule has 8 nitrogen and oxygen atoms in total. The number of carbonyl (C=O) groups is 2. The fourth-order valence-electron chi connectivity index (χ4n) is 5.36. The first-order valence-corrected chi connectivity index (χ1v) is 14.2. The Kier molecular flexibility index (Phi) is 9.34. The lowest BCUT2D eigenvalue weighted by Gasteiger charge is -2.33. The van der Waals surface area contributed by atoms with Gasteiger partial charge in [-0.1, -0.05) is 32.9 Å². The highest BCUT2D eigenvalue weighted by atomic mass is 19.4. The number of halogens is 6. The van der Waals surface area contributed by atoms with Crippen molar-refractivity contribution in [2.24, 2.45) is 5.92 Å². The summed E-state index contributed by atoms with van der Waals surface area (Å²) < 4.78 is 97.4. The van der Waals surface area contributed by atoms with Crippen molar-refractivity contribution in [3.63, 3.8) is 0 Å². The maximum atomic E-state index is 13.5. The molecule has 2 aromatic carbocycles. The number of fused-ring (bicyclic) bond motifs is 1. The van der Waals surface area contributed by atoms with Gasteiger partial charge in [0.05, 0.1) is 6.61 Å². The van der Waals surface area contributed by atoms with Gasteiger partial charge in [0, 0.05) is 12.1 Å². The molecule has 3 amide bonds. The van der Waals surface area contributed by atoms with Crippen molar-refractivity contribution in [1.82, 2.24) is 10.2 Å². The highest BCUT2D eigenvalue weighted by Crippen LogP contribution is 2.50. The van der Waals surface area contributed by atoms with E-state index < -0.39 is 41.0 Å². The second kappa shape index (κ2) is 12.4. The smallest absolute Gasteiger partial charge is 0.430 e. The molecule has 2 aliphatic heterocycles. The average Bonchev–Trinajstić information content (AvgIpc) is 3.20. The summed E-state index contributed by atoms with van der Waals surface area (Å²) in [6.45, 7) is 6.07. The summed E-state index contributed by atoms with van der Waals surface area (Å²) in [5, 5.41) is 12.6. The van der Waals surface area contributed by atoms with Crippen molar-refractivity contribution in [3.05, 3.63) is 53.1 Å². The van der Waals surface area contributed by atoms with Crippen LogP contribution in [0.2, 0.25) is 0 Å². The van der Waals surface area contributed by atoms with Crippen LogP contribution in [0, 0.1) is 5.92 Å². The number of carbonyl (C=O) groups excluding carboxylic acids is 2. The highest BCUT2D eigenvalue weighted by molar-refractivity contribution is 6.07. The molecule has 0 saturated carbocycles. The molecule has 1 fully saturated rings. The number of urea groups is 1. The minimum Gasteiger partial charge on any atom is -0.493 e. The molecule has 0 spiro atoms. The Hall–Kier alpha value is -3.68. The van der Waals surface area contributed by atoms with E-state index in [1.165, 1.54) is 0 Å². The summed E-state index contributed by atoms with van der Waals surface area (Å²) in [5.41, 5.74) is -7.05. The molecule has 2 aliphatic rings. The van der Waals surface area contributed by atoms with E-state index in [1.54, 1.807) is 39.0 Å². The second-order valence-corrected chi connectivity index (χ2v) is 11.2. The van der Waals surface area contributed by atoms with E-state index in [2.05, 4.69) is 5.32 Å². The Morgan fingerprint density at radius 3 is 2.25 bits per heavy atom. The molecule has 0 bridgehead atoms. The SMILES string of the molecule is CCC1(c2ccc3c(c2)OCCO3)NC(=O)N(CCCCOc2ccc(C(O)(C(F)(F)F)C(F)(F)F)cc2CC(C)C)C1=O. The number of unbranched alkanes of at least 4 members (excludes halogenated alkanes) is 1. The number of amides is 3. The van der Waals surface area contributed by atoms with E-state index >= 15 is 0 Å². The van der Waals surface area contributed by atoms with Crippen LogP contribution in [-0.2, 0) is 22.4 Å². The molecule has 1 atom stereocenters. The zero-order chi connectivity index (χ0) is 32.5. The summed E-state index contributed by atoms with van der Waals surface area (Å²) in [6.07, 6.45) is -11.0. The number of nitrogens with one attached hydrogen (secondary N) is 1. The van der Waals surface area contributed by atoms with Gasteiger partial charge in [-0.3, -0.25) is 9.69 Å². The first kappa shape index (κ1) is 33.2. The van der Waals surface area contributed by atoms with Crippen LogP contribution in [0.1, 0.15) is 56.7 Å². The maximum absolute atomic E-state index is 13.5. The number of alkyl halides is 6. The molecule has 242 valence electrons. The van der Waals surface area contributed by atoms with E-state index in [9.17, 15) is 41.0 Å². The van der Waals surface area contributed by atoms with Gasteiger partial charge in [-0.05, 0) is 67.0 Å². The van der Waals surface area contributed by atoms with Gasteiger partial charge in [0.15, 0.2) is 11.5 Å². The molecule has 1 saturated heterocycles. The topological polar surface area (TPSA) is 97.3 Å². The van der Waals surface area contributed by atoms with Crippen molar-refractivity contribution in [2.45, 2.75) is 69.9 Å². The van der Waals surface area contributed by atoms with Crippen LogP contribution in [0.15, 0.2) is 36.4 Å². The zero-order valence-electron chi connectivity index (χ0n) is 24.4. The molecular formula is C30H34F6N2O6. The summed E-state index contributed by atoms with van der Waals surface area (Å²) in [4.78, 5) is 27.4. The number of imide groups is 1.